The molecule has 0 amide bonds. The predicted molar refractivity (Wildman–Crippen MR) is 65.8 cm³/mol. The summed E-state index contributed by atoms with van der Waals surface area (Å²) in [5.41, 5.74) is 11.7. The zero-order valence-electron chi connectivity index (χ0n) is 8.35. The zero-order valence-corrected chi connectivity index (χ0v) is 9.87. The maximum absolute atomic E-state index is 5.81. The highest BCUT2D eigenvalue weighted by atomic mass is 35.5. The Morgan fingerprint density at radius 1 is 1.18 bits per heavy atom. The summed E-state index contributed by atoms with van der Waals surface area (Å²) in [7, 11) is 0. The number of halogens is 2. The van der Waals surface area contributed by atoms with Crippen molar-refractivity contribution in [3.05, 3.63) is 22.4 Å². The van der Waals surface area contributed by atoms with Gasteiger partial charge in [-0.1, -0.05) is 23.2 Å². The van der Waals surface area contributed by atoms with Crippen molar-refractivity contribution in [2.24, 2.45) is 10.2 Å². The van der Waals surface area contributed by atoms with Crippen LogP contribution in [0.1, 0.15) is 0 Å². The summed E-state index contributed by atoms with van der Waals surface area (Å²) in [6, 6.07) is 3.12. The van der Waals surface area contributed by atoms with Gasteiger partial charge in [0.05, 0.1) is 0 Å². The number of aromatic nitrogens is 3. The lowest BCUT2D eigenvalue weighted by Gasteiger charge is -1.96. The van der Waals surface area contributed by atoms with Gasteiger partial charge in [-0.15, -0.1) is 10.2 Å². The maximum atomic E-state index is 5.81. The highest BCUT2D eigenvalue weighted by Gasteiger charge is 2.07. The average molecular weight is 272 g/mol. The summed E-state index contributed by atoms with van der Waals surface area (Å²) in [6.45, 7) is 0. The van der Waals surface area contributed by atoms with Crippen molar-refractivity contribution in [3.8, 4) is 0 Å². The number of nitrogen functional groups attached to an aromatic ring is 2. The molecule has 0 atom stereocenters. The number of aromatic amines is 1. The lowest BCUT2D eigenvalue weighted by molar-refractivity contribution is 1.11. The molecule has 7 nitrogen and oxygen atoms in total. The molecule has 0 aliphatic carbocycles. The zero-order chi connectivity index (χ0) is 12.4. The lowest BCUT2D eigenvalue weighted by Crippen LogP contribution is -1.84. The molecule has 0 aliphatic rings. The van der Waals surface area contributed by atoms with E-state index in [1.165, 1.54) is 0 Å². The topological polar surface area (TPSA) is 118 Å². The molecular weight excluding hydrogens is 265 g/mol. The number of hydrogen-bond donors (Lipinski definition) is 3. The van der Waals surface area contributed by atoms with Crippen molar-refractivity contribution in [2.45, 2.75) is 0 Å². The Hall–Kier alpha value is -1.86. The van der Waals surface area contributed by atoms with E-state index in [4.69, 9.17) is 34.7 Å². The van der Waals surface area contributed by atoms with Crippen LogP contribution in [-0.2, 0) is 0 Å². The highest BCUT2D eigenvalue weighted by Crippen LogP contribution is 2.30. The molecule has 0 radical (unpaired) electrons. The first kappa shape index (κ1) is 11.6. The van der Waals surface area contributed by atoms with Gasteiger partial charge in [0.15, 0.2) is 16.7 Å². The van der Waals surface area contributed by atoms with Gasteiger partial charge in [-0.05, 0) is 12.1 Å². The van der Waals surface area contributed by atoms with Gasteiger partial charge >= 0.3 is 0 Å². The van der Waals surface area contributed by atoms with Crippen LogP contribution in [0.15, 0.2) is 22.4 Å². The molecular formula is C8H7Cl2N7. The van der Waals surface area contributed by atoms with Crippen LogP contribution in [0, 0.1) is 0 Å². The van der Waals surface area contributed by atoms with Gasteiger partial charge in [0, 0.05) is 0 Å². The lowest BCUT2D eigenvalue weighted by atomic mass is 10.4. The van der Waals surface area contributed by atoms with Crippen molar-refractivity contribution < 1.29 is 0 Å². The van der Waals surface area contributed by atoms with Crippen LogP contribution in [0.25, 0.3) is 0 Å². The van der Waals surface area contributed by atoms with Gasteiger partial charge in [-0.2, -0.15) is 5.10 Å². The molecule has 0 fully saturated rings. The number of anilines is 2. The van der Waals surface area contributed by atoms with Gasteiger partial charge in [0.25, 0.3) is 0 Å². The third-order valence-corrected chi connectivity index (χ3v) is 2.34. The number of nitrogens with two attached hydrogens (primary N) is 2. The number of H-pyrrole nitrogens is 1. The largest absolute Gasteiger partial charge is 0.382 e. The molecule has 0 aromatic carbocycles. The van der Waals surface area contributed by atoms with Crippen molar-refractivity contribution in [3.63, 3.8) is 0 Å². The Labute approximate surface area is 106 Å². The molecule has 2 aromatic rings. The molecule has 0 aliphatic heterocycles. The minimum Gasteiger partial charge on any atom is -0.382 e. The van der Waals surface area contributed by atoms with Gasteiger partial charge in [0.1, 0.15) is 16.7 Å². The van der Waals surface area contributed by atoms with E-state index in [0.29, 0.717) is 5.69 Å². The van der Waals surface area contributed by atoms with E-state index >= 15 is 0 Å². The number of nitrogens with one attached hydrogen (secondary N) is 1. The molecule has 5 N–H and O–H groups in total. The Bertz CT molecular complexity index is 558. The Kier molecular flexibility index (Phi) is 3.12. The van der Waals surface area contributed by atoms with Gasteiger partial charge in [-0.25, -0.2) is 4.98 Å². The minimum absolute atomic E-state index is 0.141. The quantitative estimate of drug-likeness (QED) is 0.575. The van der Waals surface area contributed by atoms with E-state index < -0.39 is 0 Å². The van der Waals surface area contributed by atoms with Crippen LogP contribution in [0.5, 0.6) is 0 Å². The minimum atomic E-state index is 0.141. The molecule has 0 unspecified atom stereocenters. The first-order valence-electron chi connectivity index (χ1n) is 4.41. The van der Waals surface area contributed by atoms with Crippen LogP contribution in [0.2, 0.25) is 10.3 Å². The second-order valence-electron chi connectivity index (χ2n) is 3.02. The molecule has 0 bridgehead atoms. The van der Waals surface area contributed by atoms with E-state index in [9.17, 15) is 0 Å². The molecule has 88 valence electrons. The normalized spacial score (nSPS) is 11.2. The van der Waals surface area contributed by atoms with E-state index in [2.05, 4.69) is 25.4 Å². The molecule has 2 aromatic heterocycles. The molecule has 17 heavy (non-hydrogen) atoms. The SMILES string of the molecule is Nc1n[nH]c(N)c1N=Nc1ccc(Cl)nc1Cl. The molecule has 2 rings (SSSR count). The summed E-state index contributed by atoms with van der Waals surface area (Å²) in [5.74, 6) is 0.383. The Balaban J connectivity index is 2.32. The predicted octanol–water partition coefficient (Wildman–Crippen LogP) is 2.69. The third kappa shape index (κ3) is 2.45. The second-order valence-corrected chi connectivity index (χ2v) is 3.76. The summed E-state index contributed by atoms with van der Waals surface area (Å²) >= 11 is 11.5. The summed E-state index contributed by atoms with van der Waals surface area (Å²) in [4.78, 5) is 3.81. The number of nitrogens with zero attached hydrogens (tertiary/aromatic N) is 4. The third-order valence-electron chi connectivity index (χ3n) is 1.85. The van der Waals surface area contributed by atoms with Crippen LogP contribution in [0.4, 0.5) is 23.0 Å². The van der Waals surface area contributed by atoms with Gasteiger partial charge in [0.2, 0.25) is 0 Å². The first-order chi connectivity index (χ1) is 8.08. The Morgan fingerprint density at radius 3 is 2.53 bits per heavy atom. The van der Waals surface area contributed by atoms with Crippen LogP contribution in [-0.4, -0.2) is 15.2 Å². The van der Waals surface area contributed by atoms with E-state index in [-0.39, 0.29) is 27.6 Å². The smallest absolute Gasteiger partial charge is 0.175 e. The number of hydrogen-bond acceptors (Lipinski definition) is 6. The van der Waals surface area contributed by atoms with Crippen LogP contribution in [0.3, 0.4) is 0 Å². The van der Waals surface area contributed by atoms with Crippen molar-refractivity contribution in [1.82, 2.24) is 15.2 Å². The van der Waals surface area contributed by atoms with E-state index in [0.717, 1.165) is 0 Å². The fourth-order valence-corrected chi connectivity index (χ4v) is 1.44. The van der Waals surface area contributed by atoms with E-state index in [1.807, 2.05) is 0 Å². The highest BCUT2D eigenvalue weighted by molar-refractivity contribution is 6.33. The fraction of sp³-hybridized carbons (Fsp3) is 0. The summed E-state index contributed by atoms with van der Waals surface area (Å²) < 4.78 is 0. The fourth-order valence-electron chi connectivity index (χ4n) is 1.05. The summed E-state index contributed by atoms with van der Waals surface area (Å²) in [6.07, 6.45) is 0. The molecule has 2 heterocycles. The maximum Gasteiger partial charge on any atom is 0.175 e. The van der Waals surface area contributed by atoms with Gasteiger partial charge in [-0.3, -0.25) is 5.10 Å². The van der Waals surface area contributed by atoms with E-state index in [1.54, 1.807) is 12.1 Å². The van der Waals surface area contributed by atoms with Gasteiger partial charge < -0.3 is 11.5 Å². The molecule has 0 spiro atoms. The monoisotopic (exact) mass is 271 g/mol. The average Bonchev–Trinajstić information content (AvgIpc) is 2.58. The standard InChI is InChI=1S/C8H7Cl2N7/c9-4-2-1-3(6(10)13-4)14-15-5-7(11)16-17-8(5)12/h1-2H,(H5,11,12,16,17). The number of rotatable bonds is 2. The number of azo groups is 1. The van der Waals surface area contributed by atoms with Crippen LogP contribution < -0.4 is 11.5 Å². The molecule has 0 saturated carbocycles. The van der Waals surface area contributed by atoms with Crippen LogP contribution >= 0.6 is 23.2 Å². The molecule has 9 heteroatoms. The second kappa shape index (κ2) is 4.56. The first-order valence-corrected chi connectivity index (χ1v) is 5.16. The molecule has 0 saturated heterocycles. The summed E-state index contributed by atoms with van der Waals surface area (Å²) in [5, 5.41) is 14.3. The van der Waals surface area contributed by atoms with Crippen molar-refractivity contribution >= 4 is 46.2 Å². The van der Waals surface area contributed by atoms with Crippen molar-refractivity contribution in [2.75, 3.05) is 11.5 Å². The number of pyridine rings is 1. The van der Waals surface area contributed by atoms with Crippen molar-refractivity contribution in [1.29, 1.82) is 0 Å². The Morgan fingerprint density at radius 2 is 1.94 bits per heavy atom.